The van der Waals surface area contributed by atoms with E-state index in [9.17, 15) is 5.11 Å². The summed E-state index contributed by atoms with van der Waals surface area (Å²) in [6.07, 6.45) is 8.72. The first kappa shape index (κ1) is 15.6. The van der Waals surface area contributed by atoms with Crippen LogP contribution in [0.2, 0.25) is 0 Å². The van der Waals surface area contributed by atoms with Gasteiger partial charge in [-0.1, -0.05) is 12.5 Å². The minimum Gasteiger partial charge on any atom is -0.504 e. The van der Waals surface area contributed by atoms with Crippen LogP contribution in [0.25, 0.3) is 4.85 Å². The number of rotatable bonds is 1. The molecular formula is C21H25NO2. The van der Waals surface area contributed by atoms with Crippen molar-refractivity contribution in [2.45, 2.75) is 51.4 Å². The Labute approximate surface area is 144 Å². The lowest BCUT2D eigenvalue weighted by atomic mass is 9.55. The first-order valence-electron chi connectivity index (χ1n) is 9.04. The summed E-state index contributed by atoms with van der Waals surface area (Å²) in [5, 5.41) is 10.1. The second kappa shape index (κ2) is 5.55. The average Bonchev–Trinajstić information content (AvgIpc) is 2.91. The zero-order valence-electron chi connectivity index (χ0n) is 14.5. The van der Waals surface area contributed by atoms with Crippen molar-refractivity contribution >= 4 is 0 Å². The molecule has 2 saturated carbocycles. The molecule has 4 rings (SSSR count). The number of phenols is 1. The van der Waals surface area contributed by atoms with Gasteiger partial charge in [0.05, 0.1) is 13.7 Å². The molecule has 1 N–H and O–H groups in total. The van der Waals surface area contributed by atoms with Gasteiger partial charge in [-0.05, 0) is 85.0 Å². The molecule has 0 amide bonds. The molecule has 0 aliphatic heterocycles. The second-order valence-corrected chi connectivity index (χ2v) is 7.92. The number of hydrogen-bond acceptors (Lipinski definition) is 2. The maximum absolute atomic E-state index is 10.1. The Morgan fingerprint density at radius 3 is 2.88 bits per heavy atom. The number of nitrogens with zero attached hydrogens (tertiary/aromatic N) is 1. The van der Waals surface area contributed by atoms with E-state index in [1.165, 1.54) is 42.4 Å². The van der Waals surface area contributed by atoms with Crippen LogP contribution in [0.15, 0.2) is 23.9 Å². The minimum absolute atomic E-state index is 0.226. The van der Waals surface area contributed by atoms with Crippen molar-refractivity contribution in [3.8, 4) is 11.5 Å². The lowest BCUT2D eigenvalue weighted by molar-refractivity contribution is 0.0812. The molecule has 24 heavy (non-hydrogen) atoms. The standard InChI is InChI=1S/C21H25NO2/c1-21-9-8-15-16(18(21)7-5-14(21)12-22-2)6-4-13-10-19(23)20(24-3)11-17(13)15/h10-12,15-16,18,23H,4-9H2,1,3H3/t15?,16?,18?,21-/m1/s1. The van der Waals surface area contributed by atoms with Gasteiger partial charge in [0.1, 0.15) is 0 Å². The molecule has 1 aromatic rings. The highest BCUT2D eigenvalue weighted by Crippen LogP contribution is 2.63. The fourth-order valence-corrected chi connectivity index (χ4v) is 5.89. The van der Waals surface area contributed by atoms with Gasteiger partial charge in [-0.2, -0.15) is 0 Å². The van der Waals surface area contributed by atoms with E-state index in [-0.39, 0.29) is 11.2 Å². The van der Waals surface area contributed by atoms with Crippen molar-refractivity contribution in [2.24, 2.45) is 17.3 Å². The van der Waals surface area contributed by atoms with Crippen LogP contribution in [-0.4, -0.2) is 12.2 Å². The Balaban J connectivity index is 1.72. The molecule has 0 radical (unpaired) electrons. The molecule has 0 saturated heterocycles. The first-order valence-corrected chi connectivity index (χ1v) is 9.04. The molecule has 4 atom stereocenters. The van der Waals surface area contributed by atoms with Crippen LogP contribution >= 0.6 is 0 Å². The average molecular weight is 323 g/mol. The molecular weight excluding hydrogens is 298 g/mol. The molecule has 3 aliphatic carbocycles. The number of ether oxygens (including phenoxy) is 1. The van der Waals surface area contributed by atoms with Gasteiger partial charge in [0.15, 0.2) is 17.7 Å². The summed E-state index contributed by atoms with van der Waals surface area (Å²) < 4.78 is 5.35. The number of aryl methyl sites for hydroxylation is 1. The van der Waals surface area contributed by atoms with Gasteiger partial charge in [-0.25, -0.2) is 4.85 Å². The summed E-state index contributed by atoms with van der Waals surface area (Å²) in [7, 11) is 1.62. The Bertz CT molecular complexity index is 745. The van der Waals surface area contributed by atoms with E-state index in [4.69, 9.17) is 11.3 Å². The highest BCUT2D eigenvalue weighted by Gasteiger charge is 2.52. The highest BCUT2D eigenvalue weighted by molar-refractivity contribution is 5.49. The summed E-state index contributed by atoms with van der Waals surface area (Å²) in [5.74, 6) is 2.83. The van der Waals surface area contributed by atoms with Crippen LogP contribution < -0.4 is 4.74 Å². The summed E-state index contributed by atoms with van der Waals surface area (Å²) in [5.41, 5.74) is 4.30. The monoisotopic (exact) mass is 323 g/mol. The molecule has 0 bridgehead atoms. The SMILES string of the molecule is [C-]#[N+]C=C1CCC2C3CCc4cc(O)c(OC)cc4C3CC[C@]12C. The Morgan fingerprint density at radius 1 is 1.29 bits per heavy atom. The van der Waals surface area contributed by atoms with E-state index in [1.54, 1.807) is 13.3 Å². The predicted octanol–water partition coefficient (Wildman–Crippen LogP) is 5.06. The van der Waals surface area contributed by atoms with Crippen molar-refractivity contribution in [3.05, 3.63) is 46.4 Å². The minimum atomic E-state index is 0.226. The third-order valence-electron chi connectivity index (χ3n) is 7.09. The van der Waals surface area contributed by atoms with Crippen molar-refractivity contribution in [2.75, 3.05) is 7.11 Å². The van der Waals surface area contributed by atoms with Crippen LogP contribution in [0.4, 0.5) is 0 Å². The van der Waals surface area contributed by atoms with Crippen molar-refractivity contribution in [1.82, 2.24) is 0 Å². The Morgan fingerprint density at radius 2 is 2.12 bits per heavy atom. The molecule has 0 aromatic heterocycles. The topological polar surface area (TPSA) is 33.8 Å². The van der Waals surface area contributed by atoms with Crippen LogP contribution in [0.1, 0.15) is 56.1 Å². The van der Waals surface area contributed by atoms with Gasteiger partial charge in [-0.15, -0.1) is 0 Å². The zero-order chi connectivity index (χ0) is 16.9. The number of phenolic OH excluding ortho intramolecular Hbond substituents is 1. The molecule has 3 unspecified atom stereocenters. The number of benzene rings is 1. The van der Waals surface area contributed by atoms with Gasteiger partial charge in [0.25, 0.3) is 0 Å². The number of aromatic hydroxyl groups is 1. The molecule has 3 aliphatic rings. The van der Waals surface area contributed by atoms with Gasteiger partial charge < -0.3 is 9.84 Å². The Kier molecular flexibility index (Phi) is 3.60. The van der Waals surface area contributed by atoms with E-state index in [2.05, 4.69) is 17.8 Å². The van der Waals surface area contributed by atoms with Crippen LogP contribution in [0, 0.1) is 23.8 Å². The first-order chi connectivity index (χ1) is 11.6. The summed E-state index contributed by atoms with van der Waals surface area (Å²) in [6, 6.07) is 3.99. The van der Waals surface area contributed by atoms with Crippen molar-refractivity contribution in [1.29, 1.82) is 0 Å². The lowest BCUT2D eigenvalue weighted by Gasteiger charge is -2.49. The fourth-order valence-electron chi connectivity index (χ4n) is 5.89. The van der Waals surface area contributed by atoms with Gasteiger partial charge in [0.2, 0.25) is 0 Å². The number of methoxy groups -OCH3 is 1. The van der Waals surface area contributed by atoms with Crippen molar-refractivity contribution in [3.63, 3.8) is 0 Å². The van der Waals surface area contributed by atoms with E-state index in [1.807, 2.05) is 6.07 Å². The number of hydrogen-bond donors (Lipinski definition) is 1. The van der Waals surface area contributed by atoms with Gasteiger partial charge in [0, 0.05) is 0 Å². The maximum atomic E-state index is 10.1. The second-order valence-electron chi connectivity index (χ2n) is 7.92. The molecule has 2 fully saturated rings. The quantitative estimate of drug-likeness (QED) is 0.733. The highest BCUT2D eigenvalue weighted by atomic mass is 16.5. The molecule has 1 aromatic carbocycles. The molecule has 3 heteroatoms. The normalized spacial score (nSPS) is 35.7. The van der Waals surface area contributed by atoms with E-state index < -0.39 is 0 Å². The summed E-state index contributed by atoms with van der Waals surface area (Å²) >= 11 is 0. The van der Waals surface area contributed by atoms with Crippen LogP contribution in [-0.2, 0) is 6.42 Å². The van der Waals surface area contributed by atoms with E-state index in [0.29, 0.717) is 23.5 Å². The van der Waals surface area contributed by atoms with Crippen molar-refractivity contribution < 1.29 is 9.84 Å². The largest absolute Gasteiger partial charge is 0.504 e. The number of fused-ring (bicyclic) bond motifs is 5. The summed E-state index contributed by atoms with van der Waals surface area (Å²) in [6.45, 7) is 9.61. The van der Waals surface area contributed by atoms with Gasteiger partial charge >= 0.3 is 0 Å². The maximum Gasteiger partial charge on any atom is 0.160 e. The van der Waals surface area contributed by atoms with Crippen LogP contribution in [0.5, 0.6) is 11.5 Å². The summed E-state index contributed by atoms with van der Waals surface area (Å²) in [4.78, 5) is 3.57. The fraction of sp³-hybridized carbons (Fsp3) is 0.571. The molecule has 3 nitrogen and oxygen atoms in total. The zero-order valence-corrected chi connectivity index (χ0v) is 14.5. The predicted molar refractivity (Wildman–Crippen MR) is 94.0 cm³/mol. The third kappa shape index (κ3) is 2.09. The van der Waals surface area contributed by atoms with E-state index >= 15 is 0 Å². The molecule has 0 spiro atoms. The van der Waals surface area contributed by atoms with Crippen LogP contribution in [0.3, 0.4) is 0 Å². The smallest absolute Gasteiger partial charge is 0.160 e. The molecule has 126 valence electrons. The number of allylic oxidation sites excluding steroid dienone is 1. The Hall–Kier alpha value is -1.95. The van der Waals surface area contributed by atoms with E-state index in [0.717, 1.165) is 12.8 Å². The third-order valence-corrected chi connectivity index (χ3v) is 7.09. The molecule has 0 heterocycles. The lowest BCUT2D eigenvalue weighted by Crippen LogP contribution is -2.40. The van der Waals surface area contributed by atoms with Gasteiger partial charge in [-0.3, -0.25) is 0 Å².